The molecule has 4 aromatic rings. The van der Waals surface area contributed by atoms with E-state index < -0.39 is 11.9 Å². The van der Waals surface area contributed by atoms with Gasteiger partial charge in [-0.3, -0.25) is 4.79 Å². The van der Waals surface area contributed by atoms with Gasteiger partial charge in [0.05, 0.1) is 22.8 Å². The molecule has 1 aliphatic rings. The summed E-state index contributed by atoms with van der Waals surface area (Å²) in [5.74, 6) is 0.237. The molecule has 2 aromatic heterocycles. The Bertz CT molecular complexity index is 1440. The van der Waals surface area contributed by atoms with Gasteiger partial charge in [0.15, 0.2) is 17.1 Å². The first-order chi connectivity index (χ1) is 16.9. The lowest BCUT2D eigenvalue weighted by atomic mass is 10.1. The zero-order valence-corrected chi connectivity index (χ0v) is 19.4. The van der Waals surface area contributed by atoms with E-state index in [1.165, 1.54) is 0 Å². The molecule has 178 valence electrons. The van der Waals surface area contributed by atoms with E-state index in [4.69, 9.17) is 24.9 Å². The van der Waals surface area contributed by atoms with Crippen LogP contribution in [0.5, 0.6) is 11.5 Å². The van der Waals surface area contributed by atoms with E-state index in [0.717, 1.165) is 5.56 Å². The Kier molecular flexibility index (Phi) is 5.82. The highest BCUT2D eigenvalue weighted by Gasteiger charge is 2.21. The second-order valence-electron chi connectivity index (χ2n) is 8.47. The van der Waals surface area contributed by atoms with Crippen LogP contribution in [0.1, 0.15) is 46.2 Å². The highest BCUT2D eigenvalue weighted by molar-refractivity contribution is 6.03. The summed E-state index contributed by atoms with van der Waals surface area (Å²) >= 11 is 0. The molecule has 0 atom stereocenters. The Hall–Kier alpha value is -4.40. The summed E-state index contributed by atoms with van der Waals surface area (Å²) in [7, 11) is 0. The van der Waals surface area contributed by atoms with Crippen LogP contribution in [0.3, 0.4) is 0 Å². The summed E-state index contributed by atoms with van der Waals surface area (Å²) < 4.78 is 18.7. The van der Waals surface area contributed by atoms with Gasteiger partial charge in [-0.2, -0.15) is 5.10 Å². The van der Waals surface area contributed by atoms with E-state index >= 15 is 0 Å². The average Bonchev–Trinajstić information content (AvgIpc) is 3.31. The normalized spacial score (nSPS) is 12.7. The number of pyridine rings is 1. The van der Waals surface area contributed by atoms with Crippen LogP contribution in [0.4, 0.5) is 0 Å². The Morgan fingerprint density at radius 3 is 2.66 bits per heavy atom. The number of ether oxygens (including phenoxy) is 3. The molecule has 0 saturated carbocycles. The third kappa shape index (κ3) is 4.40. The van der Waals surface area contributed by atoms with Gasteiger partial charge in [0.2, 0.25) is 5.91 Å². The summed E-state index contributed by atoms with van der Waals surface area (Å²) in [6.45, 7) is 4.95. The van der Waals surface area contributed by atoms with Gasteiger partial charge in [-0.1, -0.05) is 12.1 Å². The molecule has 0 spiro atoms. The maximum Gasteiger partial charge on any atom is 0.339 e. The number of hydrogen-bond acceptors (Lipinski definition) is 7. The summed E-state index contributed by atoms with van der Waals surface area (Å²) in [6, 6.07) is 14.0. The number of aromatic nitrogens is 3. The second-order valence-corrected chi connectivity index (χ2v) is 8.47. The number of amides is 1. The lowest BCUT2D eigenvalue weighted by Gasteiger charge is -2.19. The fraction of sp³-hybridized carbons (Fsp3) is 0.231. The van der Waals surface area contributed by atoms with E-state index in [1.54, 1.807) is 41.2 Å². The van der Waals surface area contributed by atoms with Crippen molar-refractivity contribution >= 4 is 22.9 Å². The Labute approximate surface area is 201 Å². The SMILES string of the molecule is CC(C)n1ncc2c(C(=O)OCc3cccc(C(N)=O)c3)cc(-c3ccc4c(c3)OCCO4)nc21. The topological polar surface area (TPSA) is 119 Å². The monoisotopic (exact) mass is 472 g/mol. The number of primary amides is 1. The maximum atomic E-state index is 13.2. The fourth-order valence-electron chi connectivity index (χ4n) is 3.96. The quantitative estimate of drug-likeness (QED) is 0.423. The van der Waals surface area contributed by atoms with Crippen molar-refractivity contribution in [2.24, 2.45) is 5.73 Å². The molecule has 0 bridgehead atoms. The molecule has 2 N–H and O–H groups in total. The minimum Gasteiger partial charge on any atom is -0.486 e. The van der Waals surface area contributed by atoms with Crippen molar-refractivity contribution in [3.8, 4) is 22.8 Å². The van der Waals surface area contributed by atoms with Crippen LogP contribution in [-0.4, -0.2) is 39.9 Å². The second kappa shape index (κ2) is 9.09. The largest absolute Gasteiger partial charge is 0.486 e. The van der Waals surface area contributed by atoms with Gasteiger partial charge in [-0.15, -0.1) is 0 Å². The Morgan fingerprint density at radius 1 is 1.09 bits per heavy atom. The molecule has 9 heteroatoms. The summed E-state index contributed by atoms with van der Waals surface area (Å²) in [6.07, 6.45) is 1.63. The van der Waals surface area contributed by atoms with Crippen molar-refractivity contribution in [1.29, 1.82) is 0 Å². The number of fused-ring (bicyclic) bond motifs is 2. The van der Waals surface area contributed by atoms with E-state index in [0.29, 0.717) is 58.1 Å². The van der Waals surface area contributed by atoms with Crippen molar-refractivity contribution in [3.63, 3.8) is 0 Å². The molecular formula is C26H24N4O5. The molecule has 35 heavy (non-hydrogen) atoms. The van der Waals surface area contributed by atoms with Crippen molar-refractivity contribution in [3.05, 3.63) is 71.4 Å². The van der Waals surface area contributed by atoms with Crippen LogP contribution in [0, 0.1) is 0 Å². The van der Waals surface area contributed by atoms with Gasteiger partial charge in [0, 0.05) is 17.2 Å². The van der Waals surface area contributed by atoms with Crippen LogP contribution < -0.4 is 15.2 Å². The number of nitrogens with two attached hydrogens (primary N) is 1. The van der Waals surface area contributed by atoms with Crippen molar-refractivity contribution < 1.29 is 23.8 Å². The number of benzene rings is 2. The number of esters is 1. The molecule has 1 amide bonds. The summed E-state index contributed by atoms with van der Waals surface area (Å²) in [5.41, 5.74) is 8.64. The number of carbonyl (C=O) groups is 2. The molecule has 9 nitrogen and oxygen atoms in total. The Balaban J connectivity index is 1.52. The number of nitrogens with zero attached hydrogens (tertiary/aromatic N) is 3. The molecule has 2 aromatic carbocycles. The molecular weight excluding hydrogens is 448 g/mol. The molecule has 0 aliphatic carbocycles. The summed E-state index contributed by atoms with van der Waals surface area (Å²) in [4.78, 5) is 29.5. The van der Waals surface area contributed by atoms with Crippen molar-refractivity contribution in [1.82, 2.24) is 14.8 Å². The van der Waals surface area contributed by atoms with E-state index in [-0.39, 0.29) is 12.6 Å². The van der Waals surface area contributed by atoms with Crippen LogP contribution in [0.25, 0.3) is 22.3 Å². The lowest BCUT2D eigenvalue weighted by molar-refractivity contribution is 0.0475. The zero-order chi connectivity index (χ0) is 24.5. The number of rotatable bonds is 6. The molecule has 5 rings (SSSR count). The lowest BCUT2D eigenvalue weighted by Crippen LogP contribution is -2.15. The van der Waals surface area contributed by atoms with Gasteiger partial charge in [0.1, 0.15) is 19.8 Å². The first-order valence-electron chi connectivity index (χ1n) is 11.2. The van der Waals surface area contributed by atoms with Gasteiger partial charge in [-0.25, -0.2) is 14.5 Å². The standard InChI is InChI=1S/C26H24N4O5/c1-15(2)30-25-20(13-28-30)19(26(32)35-14-16-4-3-5-18(10-16)24(27)31)12-21(29-25)17-6-7-22-23(11-17)34-9-8-33-22/h3-7,10-13,15H,8-9,14H2,1-2H3,(H2,27,31). The third-order valence-electron chi connectivity index (χ3n) is 5.70. The van der Waals surface area contributed by atoms with Crippen LogP contribution >= 0.6 is 0 Å². The van der Waals surface area contributed by atoms with Crippen LogP contribution in [0.15, 0.2) is 54.7 Å². The summed E-state index contributed by atoms with van der Waals surface area (Å²) in [5, 5.41) is 5.04. The Morgan fingerprint density at radius 2 is 1.89 bits per heavy atom. The average molecular weight is 473 g/mol. The van der Waals surface area contributed by atoms with Crippen molar-refractivity contribution in [2.75, 3.05) is 13.2 Å². The van der Waals surface area contributed by atoms with E-state index in [1.807, 2.05) is 32.0 Å². The third-order valence-corrected chi connectivity index (χ3v) is 5.70. The van der Waals surface area contributed by atoms with Gasteiger partial charge >= 0.3 is 5.97 Å². The predicted octanol–water partition coefficient (Wildman–Crippen LogP) is 3.91. The smallest absolute Gasteiger partial charge is 0.339 e. The van der Waals surface area contributed by atoms with Gasteiger partial charge < -0.3 is 19.9 Å². The van der Waals surface area contributed by atoms with Crippen LogP contribution in [0.2, 0.25) is 0 Å². The maximum absolute atomic E-state index is 13.2. The van der Waals surface area contributed by atoms with E-state index in [9.17, 15) is 9.59 Å². The van der Waals surface area contributed by atoms with Gasteiger partial charge in [-0.05, 0) is 55.8 Å². The minimum atomic E-state index is -0.542. The molecule has 3 heterocycles. The van der Waals surface area contributed by atoms with Crippen LogP contribution in [-0.2, 0) is 11.3 Å². The predicted molar refractivity (Wildman–Crippen MR) is 128 cm³/mol. The molecule has 0 saturated heterocycles. The number of hydrogen-bond donors (Lipinski definition) is 1. The minimum absolute atomic E-state index is 0.0125. The molecule has 0 unspecified atom stereocenters. The zero-order valence-electron chi connectivity index (χ0n) is 19.4. The molecule has 0 radical (unpaired) electrons. The number of carbonyl (C=O) groups excluding carboxylic acids is 2. The highest BCUT2D eigenvalue weighted by Crippen LogP contribution is 2.35. The molecule has 0 fully saturated rings. The van der Waals surface area contributed by atoms with Gasteiger partial charge in [0.25, 0.3) is 0 Å². The molecule has 1 aliphatic heterocycles. The fourth-order valence-corrected chi connectivity index (χ4v) is 3.96. The first kappa shape index (κ1) is 22.4. The van der Waals surface area contributed by atoms with Crippen molar-refractivity contribution in [2.45, 2.75) is 26.5 Å². The highest BCUT2D eigenvalue weighted by atomic mass is 16.6. The van der Waals surface area contributed by atoms with E-state index in [2.05, 4.69) is 5.10 Å². The first-order valence-corrected chi connectivity index (χ1v) is 11.2.